The van der Waals surface area contributed by atoms with Gasteiger partial charge in [0, 0.05) is 12.6 Å². The van der Waals surface area contributed by atoms with Crippen LogP contribution in [-0.4, -0.2) is 55.5 Å². The molecule has 7 nitrogen and oxygen atoms in total. The fourth-order valence-corrected chi connectivity index (χ4v) is 3.89. The molecule has 3 aromatic rings. The monoisotopic (exact) mass is 384 g/mol. The maximum atomic E-state index is 14.6. The largest absolute Gasteiger partial charge is 0.507 e. The molecular weight excluding hydrogens is 359 g/mol. The number of fused-ring (bicyclic) bond motifs is 1. The van der Waals surface area contributed by atoms with E-state index in [2.05, 4.69) is 32.4 Å². The van der Waals surface area contributed by atoms with Crippen LogP contribution < -0.4 is 5.32 Å². The second kappa shape index (κ2) is 7.35. The van der Waals surface area contributed by atoms with Crippen molar-refractivity contribution >= 4 is 11.5 Å². The Bertz CT molecular complexity index is 994. The molecule has 1 atom stereocenters. The third kappa shape index (κ3) is 3.40. The molecule has 1 aliphatic rings. The van der Waals surface area contributed by atoms with E-state index in [0.29, 0.717) is 17.0 Å². The molecule has 0 aliphatic carbocycles. The van der Waals surface area contributed by atoms with Crippen LogP contribution in [0.25, 0.3) is 16.8 Å². The number of phenolic OH excluding ortho intramolecular Hbond substituents is 1. The zero-order chi connectivity index (χ0) is 19.8. The third-order valence-corrected chi connectivity index (χ3v) is 5.26. The highest BCUT2D eigenvalue weighted by atomic mass is 19.1. The molecule has 0 amide bonds. The molecule has 0 spiro atoms. The standard InChI is InChI=1S/C20H25FN6O/c1-4-26-7-5-6-14(11-26)22-20-24-23-19(16-10-13(3)25-27(16)20)18-15(21)8-12(2)9-17(18)28/h8-10,14,28H,4-7,11H2,1-3H3,(H,22,24)/t14-/m1/s1. The van der Waals surface area contributed by atoms with E-state index in [1.165, 1.54) is 12.1 Å². The number of piperidine rings is 1. The zero-order valence-corrected chi connectivity index (χ0v) is 16.4. The molecule has 2 N–H and O–H groups in total. The molecule has 1 fully saturated rings. The Labute approximate surface area is 163 Å². The van der Waals surface area contributed by atoms with Crippen LogP contribution in [0.2, 0.25) is 0 Å². The first-order valence-corrected chi connectivity index (χ1v) is 9.67. The summed E-state index contributed by atoms with van der Waals surface area (Å²) in [6, 6.07) is 4.98. The fraction of sp³-hybridized carbons (Fsp3) is 0.450. The number of aryl methyl sites for hydroxylation is 2. The lowest BCUT2D eigenvalue weighted by molar-refractivity contribution is 0.226. The Morgan fingerprint density at radius 2 is 2.07 bits per heavy atom. The maximum Gasteiger partial charge on any atom is 0.244 e. The molecule has 2 aromatic heterocycles. The van der Waals surface area contributed by atoms with E-state index in [-0.39, 0.29) is 23.0 Å². The molecule has 1 aromatic carbocycles. The van der Waals surface area contributed by atoms with Gasteiger partial charge in [-0.05, 0) is 63.5 Å². The van der Waals surface area contributed by atoms with Gasteiger partial charge in [0.05, 0.1) is 16.8 Å². The summed E-state index contributed by atoms with van der Waals surface area (Å²) in [5.41, 5.74) is 2.34. The number of hydrogen-bond donors (Lipinski definition) is 2. The number of aromatic nitrogens is 4. The van der Waals surface area contributed by atoms with Crippen molar-refractivity contribution in [2.24, 2.45) is 0 Å². The Hall–Kier alpha value is -2.74. The van der Waals surface area contributed by atoms with Crippen LogP contribution >= 0.6 is 0 Å². The SMILES string of the molecule is CCN1CCC[C@@H](Nc2nnc(-c3c(O)cc(C)cc3F)c3cc(C)nn23)C1. The number of anilines is 1. The summed E-state index contributed by atoms with van der Waals surface area (Å²) in [6.45, 7) is 8.83. The molecule has 0 radical (unpaired) electrons. The van der Waals surface area contributed by atoms with Crippen LogP contribution in [0, 0.1) is 19.7 Å². The third-order valence-electron chi connectivity index (χ3n) is 5.26. The maximum absolute atomic E-state index is 14.6. The van der Waals surface area contributed by atoms with Crippen LogP contribution in [0.1, 0.15) is 31.0 Å². The summed E-state index contributed by atoms with van der Waals surface area (Å²) in [4.78, 5) is 2.40. The van der Waals surface area contributed by atoms with Crippen LogP contribution in [0.15, 0.2) is 18.2 Å². The minimum atomic E-state index is -0.529. The van der Waals surface area contributed by atoms with Gasteiger partial charge in [-0.1, -0.05) is 6.92 Å². The number of hydrogen-bond acceptors (Lipinski definition) is 6. The summed E-state index contributed by atoms with van der Waals surface area (Å²) in [6.07, 6.45) is 2.18. The number of rotatable bonds is 4. The van der Waals surface area contributed by atoms with E-state index < -0.39 is 5.82 Å². The van der Waals surface area contributed by atoms with Crippen LogP contribution in [0.4, 0.5) is 10.3 Å². The average Bonchev–Trinajstić information content (AvgIpc) is 3.04. The van der Waals surface area contributed by atoms with E-state index in [1.54, 1.807) is 11.4 Å². The minimum Gasteiger partial charge on any atom is -0.507 e. The van der Waals surface area contributed by atoms with Crippen molar-refractivity contribution in [3.8, 4) is 17.0 Å². The van der Waals surface area contributed by atoms with E-state index in [4.69, 9.17) is 0 Å². The number of phenols is 1. The Morgan fingerprint density at radius 3 is 2.82 bits per heavy atom. The summed E-state index contributed by atoms with van der Waals surface area (Å²) in [5, 5.41) is 26.8. The highest BCUT2D eigenvalue weighted by Crippen LogP contribution is 2.34. The number of halogens is 1. The van der Waals surface area contributed by atoms with Gasteiger partial charge in [-0.3, -0.25) is 0 Å². The lowest BCUT2D eigenvalue weighted by Crippen LogP contribution is -2.42. The molecule has 0 bridgehead atoms. The second-order valence-electron chi connectivity index (χ2n) is 7.47. The molecule has 3 heterocycles. The number of aromatic hydroxyl groups is 1. The number of likely N-dealkylation sites (tertiary alicyclic amines) is 1. The van der Waals surface area contributed by atoms with Crippen molar-refractivity contribution in [3.05, 3.63) is 35.3 Å². The topological polar surface area (TPSA) is 78.6 Å². The number of nitrogens with one attached hydrogen (secondary N) is 1. The molecule has 4 rings (SSSR count). The molecule has 28 heavy (non-hydrogen) atoms. The quantitative estimate of drug-likeness (QED) is 0.719. The lowest BCUT2D eigenvalue weighted by Gasteiger charge is -2.32. The van der Waals surface area contributed by atoms with Crippen molar-refractivity contribution < 1.29 is 9.50 Å². The lowest BCUT2D eigenvalue weighted by atomic mass is 10.1. The van der Waals surface area contributed by atoms with E-state index in [1.807, 2.05) is 13.0 Å². The molecule has 1 aliphatic heterocycles. The highest BCUT2D eigenvalue weighted by molar-refractivity contribution is 5.81. The highest BCUT2D eigenvalue weighted by Gasteiger charge is 2.23. The summed E-state index contributed by atoms with van der Waals surface area (Å²) >= 11 is 0. The molecule has 8 heteroatoms. The van der Waals surface area contributed by atoms with E-state index in [9.17, 15) is 9.50 Å². The first-order chi connectivity index (χ1) is 13.5. The normalized spacial score (nSPS) is 17.9. The molecule has 148 valence electrons. The van der Waals surface area contributed by atoms with Crippen molar-refractivity contribution in [2.45, 2.75) is 39.7 Å². The van der Waals surface area contributed by atoms with Gasteiger partial charge in [0.2, 0.25) is 5.95 Å². The average molecular weight is 384 g/mol. The van der Waals surface area contributed by atoms with Crippen LogP contribution in [0.3, 0.4) is 0 Å². The van der Waals surface area contributed by atoms with Crippen molar-refractivity contribution in [3.63, 3.8) is 0 Å². The predicted octanol–water partition coefficient (Wildman–Crippen LogP) is 3.15. The van der Waals surface area contributed by atoms with Gasteiger partial charge in [0.25, 0.3) is 0 Å². The predicted molar refractivity (Wildman–Crippen MR) is 106 cm³/mol. The minimum absolute atomic E-state index is 0.0457. The van der Waals surface area contributed by atoms with Crippen molar-refractivity contribution in [1.29, 1.82) is 0 Å². The van der Waals surface area contributed by atoms with Crippen LogP contribution in [0.5, 0.6) is 5.75 Å². The molecule has 1 saturated heterocycles. The van der Waals surface area contributed by atoms with Gasteiger partial charge < -0.3 is 15.3 Å². The second-order valence-corrected chi connectivity index (χ2v) is 7.47. The zero-order valence-electron chi connectivity index (χ0n) is 16.4. The van der Waals surface area contributed by atoms with Gasteiger partial charge in [-0.15, -0.1) is 10.2 Å². The summed E-state index contributed by atoms with van der Waals surface area (Å²) in [7, 11) is 0. The number of nitrogens with zero attached hydrogens (tertiary/aromatic N) is 5. The van der Waals surface area contributed by atoms with E-state index in [0.717, 1.165) is 38.2 Å². The van der Waals surface area contributed by atoms with E-state index >= 15 is 0 Å². The van der Waals surface area contributed by atoms with Gasteiger partial charge >= 0.3 is 0 Å². The molecular formula is C20H25FN6O. The van der Waals surface area contributed by atoms with Gasteiger partial charge in [-0.25, -0.2) is 4.39 Å². The Morgan fingerprint density at radius 1 is 1.25 bits per heavy atom. The number of benzene rings is 1. The molecule has 0 saturated carbocycles. The fourth-order valence-electron chi connectivity index (χ4n) is 3.89. The summed E-state index contributed by atoms with van der Waals surface area (Å²) in [5.74, 6) is -0.153. The smallest absolute Gasteiger partial charge is 0.244 e. The van der Waals surface area contributed by atoms with Crippen molar-refractivity contribution in [1.82, 2.24) is 24.7 Å². The van der Waals surface area contributed by atoms with Gasteiger partial charge in [0.15, 0.2) is 0 Å². The van der Waals surface area contributed by atoms with Gasteiger partial charge in [0.1, 0.15) is 17.3 Å². The number of likely N-dealkylation sites (N-methyl/N-ethyl adjacent to an activating group) is 1. The molecule has 0 unspecified atom stereocenters. The Balaban J connectivity index is 1.76. The first kappa shape index (κ1) is 18.6. The Kier molecular flexibility index (Phi) is 4.89. The van der Waals surface area contributed by atoms with Crippen molar-refractivity contribution in [2.75, 3.05) is 25.0 Å². The first-order valence-electron chi connectivity index (χ1n) is 9.67. The van der Waals surface area contributed by atoms with Gasteiger partial charge in [-0.2, -0.15) is 9.61 Å². The van der Waals surface area contributed by atoms with Crippen LogP contribution in [-0.2, 0) is 0 Å². The summed E-state index contributed by atoms with van der Waals surface area (Å²) < 4.78 is 16.3.